The molecule has 0 spiro atoms. The largest absolute Gasteiger partial charge is 0.382 e. The van der Waals surface area contributed by atoms with Gasteiger partial charge in [0, 0.05) is 18.6 Å². The van der Waals surface area contributed by atoms with Crippen molar-refractivity contribution < 1.29 is 13.8 Å². The monoisotopic (exact) mass is 272 g/mol. The van der Waals surface area contributed by atoms with E-state index in [0.29, 0.717) is 12.5 Å². The summed E-state index contributed by atoms with van der Waals surface area (Å²) in [6, 6.07) is -0.250. The molecule has 1 saturated heterocycles. The Labute approximate surface area is 113 Å². The zero-order valence-electron chi connectivity index (χ0n) is 12.3. The van der Waals surface area contributed by atoms with Crippen LogP contribution < -0.4 is 0 Å². The van der Waals surface area contributed by atoms with Gasteiger partial charge in [0.1, 0.15) is 15.2 Å². The van der Waals surface area contributed by atoms with Crippen molar-refractivity contribution >= 4 is 21.5 Å². The van der Waals surface area contributed by atoms with Crippen molar-refractivity contribution in [1.29, 1.82) is 0 Å². The molecule has 1 fully saturated rings. The van der Waals surface area contributed by atoms with Gasteiger partial charge in [-0.05, 0) is 19.3 Å². The Kier molecular flexibility index (Phi) is 5.98. The number of hydrogen-bond acceptors (Lipinski definition) is 3. The average molecular weight is 272 g/mol. The van der Waals surface area contributed by atoms with Crippen LogP contribution in [0.5, 0.6) is 0 Å². The molecule has 1 aliphatic rings. The molecular formula is C13H26BO3P. The first-order valence-electron chi connectivity index (χ1n) is 6.71. The van der Waals surface area contributed by atoms with Crippen LogP contribution in [0.1, 0.15) is 34.1 Å². The quantitative estimate of drug-likeness (QED) is 0.549. The molecule has 5 unspecified atom stereocenters. The minimum Gasteiger partial charge on any atom is -0.382 e. The number of ether oxygens (including phenoxy) is 1. The fourth-order valence-corrected chi connectivity index (χ4v) is 3.76. The molecule has 2 radical (unpaired) electrons. The van der Waals surface area contributed by atoms with E-state index in [0.717, 1.165) is 6.42 Å². The molecular weight excluding hydrogens is 246 g/mol. The lowest BCUT2D eigenvalue weighted by atomic mass is 9.85. The molecule has 0 bridgehead atoms. The van der Waals surface area contributed by atoms with E-state index in [1.54, 1.807) is 0 Å². The van der Waals surface area contributed by atoms with Gasteiger partial charge in [-0.25, -0.2) is 0 Å². The molecule has 1 aliphatic heterocycles. The van der Waals surface area contributed by atoms with Gasteiger partial charge in [-0.15, -0.1) is 0 Å². The van der Waals surface area contributed by atoms with E-state index in [9.17, 15) is 0 Å². The second-order valence-electron chi connectivity index (χ2n) is 5.63. The molecule has 5 heteroatoms. The molecule has 0 aromatic carbocycles. The zero-order chi connectivity index (χ0) is 13.9. The van der Waals surface area contributed by atoms with E-state index < -0.39 is 7.34 Å². The van der Waals surface area contributed by atoms with Crippen LogP contribution >= 0.6 is 7.34 Å². The van der Waals surface area contributed by atoms with Crippen LogP contribution in [0.3, 0.4) is 0 Å². The number of hydrogen-bond donors (Lipinski definition) is 0. The van der Waals surface area contributed by atoms with Gasteiger partial charge in [0.05, 0.1) is 18.8 Å². The highest BCUT2D eigenvalue weighted by Gasteiger charge is 2.41. The van der Waals surface area contributed by atoms with Crippen molar-refractivity contribution in [2.45, 2.75) is 52.3 Å². The van der Waals surface area contributed by atoms with Crippen LogP contribution in [0, 0.1) is 11.8 Å². The SMILES string of the molecule is [B]C1OC(CC(C)C)C(OP(=C)(C)OCC)C1C. The fraction of sp³-hybridized carbons (Fsp3) is 0.923. The molecule has 1 heterocycles. The molecule has 5 atom stereocenters. The van der Waals surface area contributed by atoms with E-state index >= 15 is 0 Å². The van der Waals surface area contributed by atoms with Crippen LogP contribution in [-0.2, 0) is 13.8 Å². The normalized spacial score (nSPS) is 35.9. The third-order valence-corrected chi connectivity index (χ3v) is 4.68. The van der Waals surface area contributed by atoms with Gasteiger partial charge in [-0.3, -0.25) is 0 Å². The standard InChI is InChI=1S/C13H26BO3P/c1-7-15-18(5,6)17-12-10(4)13(14)16-11(12)8-9(2)3/h9-13H,5,7-8H2,1-4,6H3. The van der Waals surface area contributed by atoms with Gasteiger partial charge >= 0.3 is 0 Å². The van der Waals surface area contributed by atoms with E-state index in [1.165, 1.54) is 0 Å². The maximum Gasteiger partial charge on any atom is 0.114 e. The third-order valence-electron chi connectivity index (χ3n) is 3.19. The maximum absolute atomic E-state index is 6.11. The highest BCUT2D eigenvalue weighted by molar-refractivity contribution is 7.63. The molecule has 0 aromatic rings. The fourth-order valence-electron chi connectivity index (χ4n) is 2.31. The van der Waals surface area contributed by atoms with Crippen molar-refractivity contribution in [3.05, 3.63) is 0 Å². The van der Waals surface area contributed by atoms with E-state index in [-0.39, 0.29) is 24.1 Å². The summed E-state index contributed by atoms with van der Waals surface area (Å²) in [6.07, 6.45) is 5.06. The lowest BCUT2D eigenvalue weighted by molar-refractivity contribution is 0.0270. The van der Waals surface area contributed by atoms with Gasteiger partial charge < -0.3 is 13.8 Å². The lowest BCUT2D eigenvalue weighted by Crippen LogP contribution is -2.29. The van der Waals surface area contributed by atoms with Crippen molar-refractivity contribution in [2.75, 3.05) is 13.3 Å². The van der Waals surface area contributed by atoms with Gasteiger partial charge in [-0.2, -0.15) is 0 Å². The summed E-state index contributed by atoms with van der Waals surface area (Å²) in [5.41, 5.74) is 0. The molecule has 0 saturated carbocycles. The number of rotatable bonds is 6. The first-order valence-corrected chi connectivity index (χ1v) is 8.97. The predicted octanol–water partition coefficient (Wildman–Crippen LogP) is 2.89. The van der Waals surface area contributed by atoms with Crippen molar-refractivity contribution in [3.63, 3.8) is 0 Å². The Hall–Kier alpha value is 0.245. The minimum absolute atomic E-state index is 0.00946. The average Bonchev–Trinajstić information content (AvgIpc) is 2.44. The Morgan fingerprint density at radius 2 is 2.06 bits per heavy atom. The van der Waals surface area contributed by atoms with Gasteiger partial charge in [-0.1, -0.05) is 27.1 Å². The van der Waals surface area contributed by atoms with Crippen LogP contribution in [0.25, 0.3) is 0 Å². The second-order valence-corrected chi connectivity index (χ2v) is 8.13. The summed E-state index contributed by atoms with van der Waals surface area (Å²) >= 11 is 0. The Balaban J connectivity index is 2.72. The van der Waals surface area contributed by atoms with Gasteiger partial charge in [0.15, 0.2) is 0 Å². The zero-order valence-corrected chi connectivity index (χ0v) is 13.2. The summed E-state index contributed by atoms with van der Waals surface area (Å²) in [4.78, 5) is 0. The van der Waals surface area contributed by atoms with Crippen molar-refractivity contribution in [1.82, 2.24) is 0 Å². The Morgan fingerprint density at radius 1 is 1.44 bits per heavy atom. The third kappa shape index (κ3) is 4.41. The molecule has 104 valence electrons. The molecule has 1 rings (SSSR count). The molecule has 0 aliphatic carbocycles. The topological polar surface area (TPSA) is 27.7 Å². The van der Waals surface area contributed by atoms with Crippen LogP contribution in [-0.4, -0.2) is 45.6 Å². The molecule has 3 nitrogen and oxygen atoms in total. The van der Waals surface area contributed by atoms with E-state index in [2.05, 4.69) is 27.1 Å². The smallest absolute Gasteiger partial charge is 0.114 e. The van der Waals surface area contributed by atoms with Crippen molar-refractivity contribution in [2.24, 2.45) is 11.8 Å². The van der Waals surface area contributed by atoms with Crippen LogP contribution in [0.15, 0.2) is 0 Å². The molecule has 0 amide bonds. The minimum atomic E-state index is -2.02. The van der Waals surface area contributed by atoms with Gasteiger partial charge in [0.2, 0.25) is 0 Å². The predicted molar refractivity (Wildman–Crippen MR) is 79.5 cm³/mol. The highest BCUT2D eigenvalue weighted by Crippen LogP contribution is 2.48. The first kappa shape index (κ1) is 16.3. The van der Waals surface area contributed by atoms with E-state index in [1.807, 2.05) is 13.6 Å². The first-order chi connectivity index (χ1) is 8.26. The summed E-state index contributed by atoms with van der Waals surface area (Å²) in [5, 5.41) is 0. The summed E-state index contributed by atoms with van der Waals surface area (Å²) in [5.74, 6) is 0.732. The summed E-state index contributed by atoms with van der Waals surface area (Å²) in [7, 11) is 3.95. The maximum atomic E-state index is 6.11. The second kappa shape index (κ2) is 6.61. The van der Waals surface area contributed by atoms with Crippen LogP contribution in [0.4, 0.5) is 0 Å². The molecule has 18 heavy (non-hydrogen) atoms. The summed E-state index contributed by atoms with van der Waals surface area (Å²) in [6.45, 7) is 10.9. The van der Waals surface area contributed by atoms with Crippen LogP contribution in [0.2, 0.25) is 0 Å². The van der Waals surface area contributed by atoms with Crippen molar-refractivity contribution in [3.8, 4) is 0 Å². The van der Waals surface area contributed by atoms with E-state index in [4.69, 9.17) is 21.6 Å². The molecule has 0 aromatic heterocycles. The summed E-state index contributed by atoms with van der Waals surface area (Å²) < 4.78 is 17.5. The lowest BCUT2D eigenvalue weighted by Gasteiger charge is -2.29. The van der Waals surface area contributed by atoms with Gasteiger partial charge in [0.25, 0.3) is 0 Å². The Morgan fingerprint density at radius 3 is 2.56 bits per heavy atom. The highest BCUT2D eigenvalue weighted by atomic mass is 31.2. The Bertz CT molecular complexity index is 307. The molecule has 0 N–H and O–H groups in total.